The Bertz CT molecular complexity index is 956. The molecular weight excluding hydrogens is 342 g/mol. The maximum atomic E-state index is 14.1. The Morgan fingerprint density at radius 1 is 1.28 bits per heavy atom. The summed E-state index contributed by atoms with van der Waals surface area (Å²) < 4.78 is 30.1. The maximum absolute atomic E-state index is 14.1. The highest BCUT2D eigenvalue weighted by Crippen LogP contribution is 2.31. The summed E-state index contributed by atoms with van der Waals surface area (Å²) >= 11 is 1.60. The lowest BCUT2D eigenvalue weighted by atomic mass is 10.2. The van der Waals surface area contributed by atoms with Crippen LogP contribution in [-0.4, -0.2) is 17.0 Å². The van der Waals surface area contributed by atoms with Gasteiger partial charge in [-0.3, -0.25) is 4.79 Å². The minimum atomic E-state index is -0.604. The predicted octanol–water partition coefficient (Wildman–Crippen LogP) is 4.48. The molecular formula is C19H18F2N2OS. The number of hydrogen-bond donors (Lipinski definition) is 1. The van der Waals surface area contributed by atoms with Gasteiger partial charge in [0, 0.05) is 23.1 Å². The SMILES string of the molecule is Cc1cc2c(cc(C(=O)NCC3CC3)n2Cc2ccc(F)cc2F)s1. The number of benzene rings is 1. The Hall–Kier alpha value is -2.21. The number of hydrogen-bond acceptors (Lipinski definition) is 2. The number of rotatable bonds is 5. The Labute approximate surface area is 148 Å². The van der Waals surface area contributed by atoms with E-state index in [4.69, 9.17) is 0 Å². The fourth-order valence-corrected chi connectivity index (χ4v) is 3.96. The van der Waals surface area contributed by atoms with E-state index in [-0.39, 0.29) is 12.5 Å². The fraction of sp³-hybridized carbons (Fsp3) is 0.316. The van der Waals surface area contributed by atoms with E-state index in [9.17, 15) is 13.6 Å². The fourth-order valence-electron chi connectivity index (χ4n) is 2.99. The molecule has 0 aliphatic heterocycles. The van der Waals surface area contributed by atoms with Gasteiger partial charge in [-0.1, -0.05) is 6.07 Å². The Morgan fingerprint density at radius 2 is 2.08 bits per heavy atom. The van der Waals surface area contributed by atoms with E-state index >= 15 is 0 Å². The highest BCUT2D eigenvalue weighted by atomic mass is 32.1. The molecule has 2 heterocycles. The molecule has 1 N–H and O–H groups in total. The maximum Gasteiger partial charge on any atom is 0.267 e. The first-order valence-corrected chi connectivity index (χ1v) is 9.14. The smallest absolute Gasteiger partial charge is 0.267 e. The van der Waals surface area contributed by atoms with Gasteiger partial charge in [-0.05, 0) is 43.9 Å². The van der Waals surface area contributed by atoms with Gasteiger partial charge in [0.2, 0.25) is 0 Å². The average Bonchev–Trinajstić information content (AvgIpc) is 3.24. The van der Waals surface area contributed by atoms with E-state index in [0.29, 0.717) is 23.7 Å². The third kappa shape index (κ3) is 3.31. The van der Waals surface area contributed by atoms with Gasteiger partial charge in [-0.2, -0.15) is 0 Å². The number of halogens is 2. The predicted molar refractivity (Wildman–Crippen MR) is 95.1 cm³/mol. The van der Waals surface area contributed by atoms with Crippen molar-refractivity contribution < 1.29 is 13.6 Å². The number of aryl methyl sites for hydroxylation is 1. The number of nitrogens with one attached hydrogen (secondary N) is 1. The molecule has 1 saturated carbocycles. The van der Waals surface area contributed by atoms with Crippen LogP contribution < -0.4 is 5.32 Å². The van der Waals surface area contributed by atoms with Crippen LogP contribution in [0.4, 0.5) is 8.78 Å². The number of aromatic nitrogens is 1. The van der Waals surface area contributed by atoms with Crippen molar-refractivity contribution in [2.75, 3.05) is 6.54 Å². The molecule has 25 heavy (non-hydrogen) atoms. The van der Waals surface area contributed by atoms with Crippen LogP contribution in [0.5, 0.6) is 0 Å². The summed E-state index contributed by atoms with van der Waals surface area (Å²) in [6.45, 7) is 2.87. The van der Waals surface area contributed by atoms with Gasteiger partial charge in [0.15, 0.2) is 0 Å². The van der Waals surface area contributed by atoms with Crippen molar-refractivity contribution in [3.8, 4) is 0 Å². The van der Waals surface area contributed by atoms with Crippen molar-refractivity contribution in [2.24, 2.45) is 5.92 Å². The molecule has 0 radical (unpaired) electrons. The molecule has 0 unspecified atom stereocenters. The quantitative estimate of drug-likeness (QED) is 0.715. The number of nitrogens with zero attached hydrogens (tertiary/aromatic N) is 1. The Morgan fingerprint density at radius 3 is 2.80 bits per heavy atom. The van der Waals surface area contributed by atoms with Crippen LogP contribution in [0.25, 0.3) is 10.2 Å². The average molecular weight is 360 g/mol. The molecule has 0 atom stereocenters. The molecule has 1 aromatic carbocycles. The van der Waals surface area contributed by atoms with Crippen molar-refractivity contribution in [3.63, 3.8) is 0 Å². The molecule has 3 aromatic rings. The Kier molecular flexibility index (Phi) is 4.07. The molecule has 4 rings (SSSR count). The van der Waals surface area contributed by atoms with Crippen LogP contribution in [-0.2, 0) is 6.54 Å². The van der Waals surface area contributed by atoms with Crippen LogP contribution in [0.3, 0.4) is 0 Å². The van der Waals surface area contributed by atoms with Crippen LogP contribution in [0, 0.1) is 24.5 Å². The van der Waals surface area contributed by atoms with Gasteiger partial charge >= 0.3 is 0 Å². The second-order valence-electron chi connectivity index (χ2n) is 6.61. The summed E-state index contributed by atoms with van der Waals surface area (Å²) in [6.07, 6.45) is 2.33. The first-order chi connectivity index (χ1) is 12.0. The molecule has 1 amide bonds. The minimum absolute atomic E-state index is 0.143. The lowest BCUT2D eigenvalue weighted by Crippen LogP contribution is -2.28. The largest absolute Gasteiger partial charge is 0.350 e. The van der Waals surface area contributed by atoms with Crippen molar-refractivity contribution in [3.05, 3.63) is 58.1 Å². The lowest BCUT2D eigenvalue weighted by Gasteiger charge is -2.11. The minimum Gasteiger partial charge on any atom is -0.350 e. The molecule has 1 fully saturated rings. The number of thiophene rings is 1. The number of carbonyl (C=O) groups is 1. The third-order valence-electron chi connectivity index (χ3n) is 4.54. The van der Waals surface area contributed by atoms with Crippen LogP contribution in [0.15, 0.2) is 30.3 Å². The van der Waals surface area contributed by atoms with Crippen molar-refractivity contribution in [1.82, 2.24) is 9.88 Å². The highest BCUT2D eigenvalue weighted by molar-refractivity contribution is 7.19. The summed E-state index contributed by atoms with van der Waals surface area (Å²) in [6, 6.07) is 7.41. The first-order valence-electron chi connectivity index (χ1n) is 8.33. The van der Waals surface area contributed by atoms with Gasteiger partial charge in [0.1, 0.15) is 17.3 Å². The molecule has 2 aromatic heterocycles. The molecule has 0 bridgehead atoms. The second-order valence-corrected chi connectivity index (χ2v) is 7.90. The highest BCUT2D eigenvalue weighted by Gasteiger charge is 2.24. The zero-order valence-electron chi connectivity index (χ0n) is 13.8. The normalized spacial score (nSPS) is 14.2. The van der Waals surface area contributed by atoms with E-state index in [2.05, 4.69) is 5.32 Å². The lowest BCUT2D eigenvalue weighted by molar-refractivity contribution is 0.0943. The van der Waals surface area contributed by atoms with Gasteiger partial charge < -0.3 is 9.88 Å². The molecule has 1 aliphatic rings. The standard InChI is InChI=1S/C19H18F2N2OS/c1-11-6-16-18(25-11)8-17(19(24)22-9-12-2-3-12)23(16)10-13-4-5-14(20)7-15(13)21/h4-8,12H,2-3,9-10H2,1H3,(H,22,24). The summed E-state index contributed by atoms with van der Waals surface area (Å²) in [7, 11) is 0. The van der Waals surface area contributed by atoms with E-state index in [1.807, 2.05) is 23.6 Å². The third-order valence-corrected chi connectivity index (χ3v) is 5.52. The zero-order chi connectivity index (χ0) is 17.6. The van der Waals surface area contributed by atoms with Crippen molar-refractivity contribution in [1.29, 1.82) is 0 Å². The molecule has 1 aliphatic carbocycles. The molecule has 3 nitrogen and oxygen atoms in total. The van der Waals surface area contributed by atoms with Crippen LogP contribution in [0.1, 0.15) is 33.8 Å². The number of fused-ring (bicyclic) bond motifs is 1. The zero-order valence-corrected chi connectivity index (χ0v) is 14.6. The molecule has 6 heteroatoms. The Balaban J connectivity index is 1.70. The topological polar surface area (TPSA) is 34.0 Å². The van der Waals surface area contributed by atoms with Gasteiger partial charge in [0.05, 0.1) is 16.8 Å². The summed E-state index contributed by atoms with van der Waals surface area (Å²) in [5, 5.41) is 2.97. The summed E-state index contributed by atoms with van der Waals surface area (Å²) in [5.41, 5.74) is 1.78. The van der Waals surface area contributed by atoms with Crippen LogP contribution in [0.2, 0.25) is 0 Å². The van der Waals surface area contributed by atoms with E-state index in [1.54, 1.807) is 11.3 Å². The van der Waals surface area contributed by atoms with Crippen LogP contribution >= 0.6 is 11.3 Å². The summed E-state index contributed by atoms with van der Waals surface area (Å²) in [5.74, 6) is -0.758. The van der Waals surface area contributed by atoms with Gasteiger partial charge in [-0.15, -0.1) is 11.3 Å². The molecule has 0 saturated heterocycles. The first kappa shape index (κ1) is 16.3. The number of carbonyl (C=O) groups excluding carboxylic acids is 1. The van der Waals surface area contributed by atoms with E-state index in [0.717, 1.165) is 34.0 Å². The summed E-state index contributed by atoms with van der Waals surface area (Å²) in [4.78, 5) is 13.7. The molecule has 130 valence electrons. The van der Waals surface area contributed by atoms with Crippen molar-refractivity contribution in [2.45, 2.75) is 26.3 Å². The second kappa shape index (κ2) is 6.26. The van der Waals surface area contributed by atoms with Gasteiger partial charge in [0.25, 0.3) is 5.91 Å². The molecule has 0 spiro atoms. The van der Waals surface area contributed by atoms with E-state index < -0.39 is 11.6 Å². The van der Waals surface area contributed by atoms with Gasteiger partial charge in [-0.25, -0.2) is 8.78 Å². The number of amides is 1. The monoisotopic (exact) mass is 360 g/mol. The van der Waals surface area contributed by atoms with E-state index in [1.165, 1.54) is 12.1 Å². The van der Waals surface area contributed by atoms with Crippen molar-refractivity contribution >= 4 is 27.5 Å².